The van der Waals surface area contributed by atoms with Crippen molar-refractivity contribution in [2.75, 3.05) is 24.2 Å². The van der Waals surface area contributed by atoms with E-state index in [2.05, 4.69) is 10.3 Å². The number of carbonyl (C=O) groups is 1. The normalized spacial score (nSPS) is 12.4. The summed E-state index contributed by atoms with van der Waals surface area (Å²) in [6.07, 6.45) is 7.05. The number of imidazole rings is 1. The summed E-state index contributed by atoms with van der Waals surface area (Å²) >= 11 is 0. The van der Waals surface area contributed by atoms with Crippen molar-refractivity contribution in [3.63, 3.8) is 0 Å². The molecule has 0 radical (unpaired) electrons. The predicted octanol–water partition coefficient (Wildman–Crippen LogP) is 1.25. The molecule has 0 aliphatic heterocycles. The molecule has 8 nitrogen and oxygen atoms in total. The number of anilines is 1. The van der Waals surface area contributed by atoms with Crippen LogP contribution in [0.2, 0.25) is 0 Å². The molecule has 1 unspecified atom stereocenters. The summed E-state index contributed by atoms with van der Waals surface area (Å²) in [5.41, 5.74) is 0.411. The molecular weight excluding hydrogens is 356 g/mol. The van der Waals surface area contributed by atoms with Gasteiger partial charge in [-0.25, -0.2) is 13.4 Å². The van der Waals surface area contributed by atoms with Crippen molar-refractivity contribution in [3.05, 3.63) is 43.0 Å². The number of sulfonamides is 1. The second kappa shape index (κ2) is 8.70. The molecule has 0 spiro atoms. The molecule has 1 amide bonds. The minimum Gasteiger partial charge on any atom is -0.497 e. The Morgan fingerprint density at radius 2 is 2.04 bits per heavy atom. The van der Waals surface area contributed by atoms with Crippen LogP contribution in [-0.2, 0) is 21.4 Å². The summed E-state index contributed by atoms with van der Waals surface area (Å²) in [7, 11) is -2.10. The van der Waals surface area contributed by atoms with Crippen LogP contribution in [0.5, 0.6) is 5.75 Å². The first-order chi connectivity index (χ1) is 12.3. The fraction of sp³-hybridized carbons (Fsp3) is 0.412. The van der Waals surface area contributed by atoms with Gasteiger partial charge in [-0.3, -0.25) is 9.10 Å². The van der Waals surface area contributed by atoms with Crippen molar-refractivity contribution in [2.45, 2.75) is 25.9 Å². The van der Waals surface area contributed by atoms with Gasteiger partial charge < -0.3 is 14.6 Å². The van der Waals surface area contributed by atoms with Crippen molar-refractivity contribution < 1.29 is 17.9 Å². The Hall–Kier alpha value is -2.55. The maximum Gasteiger partial charge on any atom is 0.243 e. The number of aryl methyl sites for hydroxylation is 1. The Balaban J connectivity index is 2.00. The Bertz CT molecular complexity index is 804. The molecule has 0 aliphatic carbocycles. The van der Waals surface area contributed by atoms with Gasteiger partial charge in [0.1, 0.15) is 11.8 Å². The topological polar surface area (TPSA) is 93.5 Å². The zero-order valence-electron chi connectivity index (χ0n) is 15.1. The van der Waals surface area contributed by atoms with E-state index < -0.39 is 16.1 Å². The van der Waals surface area contributed by atoms with Gasteiger partial charge in [0.05, 0.1) is 25.4 Å². The fourth-order valence-corrected chi connectivity index (χ4v) is 3.75. The maximum absolute atomic E-state index is 12.4. The summed E-state index contributed by atoms with van der Waals surface area (Å²) in [4.78, 5) is 16.4. The van der Waals surface area contributed by atoms with E-state index in [0.717, 1.165) is 23.5 Å². The number of methoxy groups -OCH3 is 1. The molecule has 0 fully saturated rings. The van der Waals surface area contributed by atoms with Gasteiger partial charge in [-0.05, 0) is 37.6 Å². The maximum atomic E-state index is 12.4. The van der Waals surface area contributed by atoms with Crippen molar-refractivity contribution in [1.29, 1.82) is 0 Å². The molecule has 0 saturated heterocycles. The van der Waals surface area contributed by atoms with Gasteiger partial charge in [-0.2, -0.15) is 0 Å². The first-order valence-electron chi connectivity index (χ1n) is 8.20. The number of ether oxygens (including phenoxy) is 1. The number of amides is 1. The minimum absolute atomic E-state index is 0.350. The van der Waals surface area contributed by atoms with Gasteiger partial charge in [0, 0.05) is 25.5 Å². The Labute approximate surface area is 153 Å². The predicted molar refractivity (Wildman–Crippen MR) is 99.6 cm³/mol. The molecule has 0 bridgehead atoms. The van der Waals surface area contributed by atoms with Crippen molar-refractivity contribution in [1.82, 2.24) is 14.9 Å². The van der Waals surface area contributed by atoms with Gasteiger partial charge in [-0.1, -0.05) is 0 Å². The molecule has 1 aromatic heterocycles. The summed E-state index contributed by atoms with van der Waals surface area (Å²) in [5, 5.41) is 2.79. The highest BCUT2D eigenvalue weighted by Gasteiger charge is 2.28. The number of nitrogens with one attached hydrogen (secondary N) is 1. The highest BCUT2D eigenvalue weighted by Crippen LogP contribution is 2.23. The molecule has 1 heterocycles. The Morgan fingerprint density at radius 1 is 1.35 bits per heavy atom. The van der Waals surface area contributed by atoms with Gasteiger partial charge >= 0.3 is 0 Å². The second-order valence-corrected chi connectivity index (χ2v) is 7.74. The van der Waals surface area contributed by atoms with E-state index in [-0.39, 0.29) is 5.91 Å². The SMILES string of the molecule is COc1ccc(N(C(C)C(=O)NCCCn2ccnc2)S(C)(=O)=O)cc1. The largest absolute Gasteiger partial charge is 0.497 e. The first-order valence-corrected chi connectivity index (χ1v) is 10.0. The number of hydrogen-bond donors (Lipinski definition) is 1. The van der Waals surface area contributed by atoms with Crippen LogP contribution in [0.1, 0.15) is 13.3 Å². The number of benzene rings is 1. The van der Waals surface area contributed by atoms with E-state index in [4.69, 9.17) is 4.74 Å². The summed E-state index contributed by atoms with van der Waals surface area (Å²) < 4.78 is 32.6. The molecular formula is C17H24N4O4S. The molecule has 0 saturated carbocycles. The van der Waals surface area contributed by atoms with Crippen molar-refractivity contribution >= 4 is 21.6 Å². The molecule has 2 aromatic rings. The van der Waals surface area contributed by atoms with Crippen LogP contribution < -0.4 is 14.4 Å². The lowest BCUT2D eigenvalue weighted by atomic mass is 10.2. The zero-order valence-corrected chi connectivity index (χ0v) is 15.9. The monoisotopic (exact) mass is 380 g/mol. The highest BCUT2D eigenvalue weighted by atomic mass is 32.2. The van der Waals surface area contributed by atoms with Gasteiger partial charge in [0.2, 0.25) is 15.9 Å². The zero-order chi connectivity index (χ0) is 19.2. The van der Waals surface area contributed by atoms with Gasteiger partial charge in [0.25, 0.3) is 0 Å². The Kier molecular flexibility index (Phi) is 6.62. The highest BCUT2D eigenvalue weighted by molar-refractivity contribution is 7.92. The van der Waals surface area contributed by atoms with Crippen LogP contribution in [0.4, 0.5) is 5.69 Å². The lowest BCUT2D eigenvalue weighted by Gasteiger charge is -2.28. The van der Waals surface area contributed by atoms with Crippen molar-refractivity contribution in [2.24, 2.45) is 0 Å². The van der Waals surface area contributed by atoms with Gasteiger partial charge in [0.15, 0.2) is 0 Å². The number of hydrogen-bond acceptors (Lipinski definition) is 5. The molecule has 1 aromatic carbocycles. The van der Waals surface area contributed by atoms with E-state index in [9.17, 15) is 13.2 Å². The average Bonchev–Trinajstić information content (AvgIpc) is 3.11. The van der Waals surface area contributed by atoms with Gasteiger partial charge in [-0.15, -0.1) is 0 Å². The molecule has 26 heavy (non-hydrogen) atoms. The smallest absolute Gasteiger partial charge is 0.243 e. The van der Waals surface area contributed by atoms with Crippen LogP contribution in [0.25, 0.3) is 0 Å². The van der Waals surface area contributed by atoms with E-state index in [1.54, 1.807) is 43.7 Å². The average molecular weight is 380 g/mol. The lowest BCUT2D eigenvalue weighted by molar-refractivity contribution is -0.121. The second-order valence-electron chi connectivity index (χ2n) is 5.88. The third kappa shape index (κ3) is 5.22. The fourth-order valence-electron chi connectivity index (χ4n) is 2.58. The third-order valence-electron chi connectivity index (χ3n) is 3.87. The van der Waals surface area contributed by atoms with Crippen LogP contribution in [-0.4, -0.2) is 49.8 Å². The van der Waals surface area contributed by atoms with E-state index in [1.165, 1.54) is 7.11 Å². The Morgan fingerprint density at radius 3 is 2.58 bits per heavy atom. The molecule has 0 aliphatic rings. The first kappa shape index (κ1) is 19.8. The summed E-state index contributed by atoms with van der Waals surface area (Å²) in [6, 6.07) is 5.67. The number of carbonyl (C=O) groups excluding carboxylic acids is 1. The molecule has 9 heteroatoms. The summed E-state index contributed by atoms with van der Waals surface area (Å²) in [5.74, 6) is 0.260. The molecule has 2 rings (SSSR count). The van der Waals surface area contributed by atoms with Crippen LogP contribution in [0, 0.1) is 0 Å². The molecule has 1 N–H and O–H groups in total. The van der Waals surface area contributed by atoms with Crippen LogP contribution in [0.15, 0.2) is 43.0 Å². The lowest BCUT2D eigenvalue weighted by Crippen LogP contribution is -2.48. The quantitative estimate of drug-likeness (QED) is 0.661. The van der Waals surface area contributed by atoms with E-state index in [0.29, 0.717) is 18.0 Å². The minimum atomic E-state index is -3.63. The number of rotatable bonds is 9. The summed E-state index contributed by atoms with van der Waals surface area (Å²) in [6.45, 7) is 2.74. The van der Waals surface area contributed by atoms with Crippen LogP contribution >= 0.6 is 0 Å². The molecule has 142 valence electrons. The number of nitrogens with zero attached hydrogens (tertiary/aromatic N) is 3. The molecule has 1 atom stereocenters. The van der Waals surface area contributed by atoms with Crippen molar-refractivity contribution in [3.8, 4) is 5.75 Å². The third-order valence-corrected chi connectivity index (χ3v) is 5.11. The van der Waals surface area contributed by atoms with Crippen LogP contribution in [0.3, 0.4) is 0 Å². The van der Waals surface area contributed by atoms with E-state index >= 15 is 0 Å². The number of aromatic nitrogens is 2. The standard InChI is InChI=1S/C17H24N4O4S/c1-14(17(22)19-9-4-11-20-12-10-18-13-20)21(26(3,23)24)15-5-7-16(25-2)8-6-15/h5-8,10,12-14H,4,9,11H2,1-3H3,(H,19,22). The van der Waals surface area contributed by atoms with E-state index in [1.807, 2.05) is 10.8 Å².